The van der Waals surface area contributed by atoms with Gasteiger partial charge in [0.05, 0.1) is 23.7 Å². The van der Waals surface area contributed by atoms with E-state index in [-0.39, 0.29) is 11.9 Å². The fourth-order valence-electron chi connectivity index (χ4n) is 2.90. The predicted octanol–water partition coefficient (Wildman–Crippen LogP) is 3.73. The molecule has 5 nitrogen and oxygen atoms in total. The molecule has 0 aliphatic carbocycles. The molecule has 5 heteroatoms. The van der Waals surface area contributed by atoms with Gasteiger partial charge in [-0.05, 0) is 55.8 Å². The molecule has 0 N–H and O–H groups in total. The Kier molecular flexibility index (Phi) is 5.14. The largest absolute Gasteiger partial charge is 0.310 e. The maximum Gasteiger partial charge on any atom is 0.231 e. The highest BCUT2D eigenvalue weighted by atomic mass is 16.2. The molecule has 26 heavy (non-hydrogen) atoms. The first kappa shape index (κ1) is 17.4. The lowest BCUT2D eigenvalue weighted by molar-refractivity contribution is -0.118. The molecule has 1 amide bonds. The van der Waals surface area contributed by atoms with Crippen molar-refractivity contribution in [2.45, 2.75) is 26.3 Å². The molecular formula is C21H20N4O. The van der Waals surface area contributed by atoms with E-state index in [1.807, 2.05) is 56.4 Å². The zero-order valence-electron chi connectivity index (χ0n) is 14.8. The standard InChI is InChI=1S/C21H20N4O/c1-16(2)25(20-6-3-5-18(13-20)15-22)21(26)14-17-7-9-19(10-8-17)24-12-4-11-23-24/h3-13,16H,14H2,1-2H3. The lowest BCUT2D eigenvalue weighted by Gasteiger charge is -2.27. The number of nitrogens with zero attached hydrogens (tertiary/aromatic N) is 4. The van der Waals surface area contributed by atoms with Crippen molar-refractivity contribution in [2.24, 2.45) is 0 Å². The van der Waals surface area contributed by atoms with Gasteiger partial charge in [-0.3, -0.25) is 4.79 Å². The molecule has 3 aromatic rings. The smallest absolute Gasteiger partial charge is 0.231 e. The molecule has 0 unspecified atom stereocenters. The third kappa shape index (κ3) is 3.81. The quantitative estimate of drug-likeness (QED) is 0.708. The van der Waals surface area contributed by atoms with Crippen LogP contribution in [-0.2, 0) is 11.2 Å². The van der Waals surface area contributed by atoms with E-state index < -0.39 is 0 Å². The number of rotatable bonds is 5. The van der Waals surface area contributed by atoms with E-state index in [0.29, 0.717) is 12.0 Å². The van der Waals surface area contributed by atoms with Crippen LogP contribution in [0.4, 0.5) is 5.69 Å². The monoisotopic (exact) mass is 344 g/mol. The van der Waals surface area contributed by atoms with Crippen LogP contribution in [0.5, 0.6) is 0 Å². The molecule has 0 bridgehead atoms. The first-order valence-electron chi connectivity index (χ1n) is 8.49. The van der Waals surface area contributed by atoms with E-state index >= 15 is 0 Å². The van der Waals surface area contributed by atoms with Crippen molar-refractivity contribution in [1.29, 1.82) is 5.26 Å². The van der Waals surface area contributed by atoms with Gasteiger partial charge < -0.3 is 4.90 Å². The highest BCUT2D eigenvalue weighted by Gasteiger charge is 2.19. The van der Waals surface area contributed by atoms with Crippen molar-refractivity contribution < 1.29 is 4.79 Å². The summed E-state index contributed by atoms with van der Waals surface area (Å²) in [6, 6.07) is 18.9. The number of nitriles is 1. The number of aromatic nitrogens is 2. The van der Waals surface area contributed by atoms with Crippen molar-refractivity contribution in [3.8, 4) is 11.8 Å². The first-order valence-corrected chi connectivity index (χ1v) is 8.49. The van der Waals surface area contributed by atoms with Crippen LogP contribution in [0.15, 0.2) is 67.0 Å². The molecule has 0 saturated carbocycles. The van der Waals surface area contributed by atoms with Gasteiger partial charge in [0.25, 0.3) is 0 Å². The summed E-state index contributed by atoms with van der Waals surface area (Å²) >= 11 is 0. The minimum atomic E-state index is -0.000194. The Labute approximate surface area is 153 Å². The number of carbonyl (C=O) groups excluding carboxylic acids is 1. The van der Waals surface area contributed by atoms with E-state index in [1.54, 1.807) is 34.0 Å². The number of hydrogen-bond acceptors (Lipinski definition) is 3. The summed E-state index contributed by atoms with van der Waals surface area (Å²) in [6.07, 6.45) is 3.91. The van der Waals surface area contributed by atoms with E-state index in [9.17, 15) is 4.79 Å². The summed E-state index contributed by atoms with van der Waals surface area (Å²) in [5.74, 6) is 0.00179. The Morgan fingerprint density at radius 1 is 1.19 bits per heavy atom. The highest BCUT2D eigenvalue weighted by molar-refractivity contribution is 5.95. The van der Waals surface area contributed by atoms with Crippen LogP contribution in [0.2, 0.25) is 0 Å². The topological polar surface area (TPSA) is 61.9 Å². The summed E-state index contributed by atoms with van der Waals surface area (Å²) in [5, 5.41) is 13.3. The van der Waals surface area contributed by atoms with Crippen LogP contribution in [0.3, 0.4) is 0 Å². The second-order valence-corrected chi connectivity index (χ2v) is 6.31. The average Bonchev–Trinajstić information content (AvgIpc) is 3.17. The minimum Gasteiger partial charge on any atom is -0.310 e. The number of amides is 1. The SMILES string of the molecule is CC(C)N(C(=O)Cc1ccc(-n2cccn2)cc1)c1cccc(C#N)c1. The van der Waals surface area contributed by atoms with Crippen molar-refractivity contribution in [3.05, 3.63) is 78.1 Å². The summed E-state index contributed by atoms with van der Waals surface area (Å²) in [5.41, 5.74) is 3.18. The molecule has 1 aromatic heterocycles. The second kappa shape index (κ2) is 7.66. The zero-order chi connectivity index (χ0) is 18.5. The van der Waals surface area contributed by atoms with Crippen molar-refractivity contribution in [1.82, 2.24) is 9.78 Å². The Morgan fingerprint density at radius 2 is 1.96 bits per heavy atom. The van der Waals surface area contributed by atoms with Gasteiger partial charge >= 0.3 is 0 Å². The summed E-state index contributed by atoms with van der Waals surface area (Å²) in [4.78, 5) is 14.6. The Morgan fingerprint density at radius 3 is 2.58 bits per heavy atom. The lowest BCUT2D eigenvalue weighted by Crippen LogP contribution is -2.38. The van der Waals surface area contributed by atoms with E-state index in [2.05, 4.69) is 11.2 Å². The van der Waals surface area contributed by atoms with Gasteiger partial charge in [-0.15, -0.1) is 0 Å². The molecule has 0 saturated heterocycles. The van der Waals surface area contributed by atoms with E-state index in [4.69, 9.17) is 5.26 Å². The van der Waals surface area contributed by atoms with Gasteiger partial charge in [0.1, 0.15) is 0 Å². The zero-order valence-corrected chi connectivity index (χ0v) is 14.8. The Hall–Kier alpha value is -3.39. The molecule has 0 aliphatic heterocycles. The van der Waals surface area contributed by atoms with Crippen molar-refractivity contribution >= 4 is 11.6 Å². The van der Waals surface area contributed by atoms with Gasteiger partial charge in [0, 0.05) is 24.1 Å². The molecule has 0 atom stereocenters. The van der Waals surface area contributed by atoms with Gasteiger partial charge in [-0.25, -0.2) is 4.68 Å². The lowest BCUT2D eigenvalue weighted by atomic mass is 10.1. The first-order chi connectivity index (χ1) is 12.6. The van der Waals surface area contributed by atoms with Crippen molar-refractivity contribution in [2.75, 3.05) is 4.90 Å². The molecular weight excluding hydrogens is 324 g/mol. The third-order valence-electron chi connectivity index (χ3n) is 4.10. The van der Waals surface area contributed by atoms with Gasteiger partial charge in [0.15, 0.2) is 0 Å². The molecule has 0 spiro atoms. The Bertz CT molecular complexity index is 921. The Balaban J connectivity index is 1.79. The molecule has 0 fully saturated rings. The van der Waals surface area contributed by atoms with Gasteiger partial charge in [0.2, 0.25) is 5.91 Å². The number of carbonyl (C=O) groups is 1. The maximum atomic E-state index is 12.9. The van der Waals surface area contributed by atoms with Crippen molar-refractivity contribution in [3.63, 3.8) is 0 Å². The fourth-order valence-corrected chi connectivity index (χ4v) is 2.90. The van der Waals surface area contributed by atoms with Crippen LogP contribution in [0.1, 0.15) is 25.0 Å². The third-order valence-corrected chi connectivity index (χ3v) is 4.10. The molecule has 1 heterocycles. The summed E-state index contributed by atoms with van der Waals surface area (Å²) < 4.78 is 1.78. The van der Waals surface area contributed by atoms with Gasteiger partial charge in [-0.1, -0.05) is 18.2 Å². The molecule has 0 radical (unpaired) electrons. The van der Waals surface area contributed by atoms with E-state index in [0.717, 1.165) is 16.9 Å². The van der Waals surface area contributed by atoms with Crippen LogP contribution in [-0.4, -0.2) is 21.7 Å². The number of anilines is 1. The fraction of sp³-hybridized carbons (Fsp3) is 0.190. The minimum absolute atomic E-state index is 0.000194. The molecule has 3 rings (SSSR count). The summed E-state index contributed by atoms with van der Waals surface area (Å²) in [6.45, 7) is 3.94. The maximum absolute atomic E-state index is 12.9. The van der Waals surface area contributed by atoms with Gasteiger partial charge in [-0.2, -0.15) is 10.4 Å². The molecule has 2 aromatic carbocycles. The molecule has 0 aliphatic rings. The van der Waals surface area contributed by atoms with Crippen LogP contribution in [0.25, 0.3) is 5.69 Å². The van der Waals surface area contributed by atoms with Crippen LogP contribution >= 0.6 is 0 Å². The van der Waals surface area contributed by atoms with E-state index in [1.165, 1.54) is 0 Å². The van der Waals surface area contributed by atoms with Crippen LogP contribution in [0, 0.1) is 11.3 Å². The number of hydrogen-bond donors (Lipinski definition) is 0. The normalized spacial score (nSPS) is 10.5. The number of benzene rings is 2. The second-order valence-electron chi connectivity index (χ2n) is 6.31. The van der Waals surface area contributed by atoms with Crippen LogP contribution < -0.4 is 4.90 Å². The summed E-state index contributed by atoms with van der Waals surface area (Å²) in [7, 11) is 0. The predicted molar refractivity (Wildman–Crippen MR) is 101 cm³/mol. The molecule has 130 valence electrons. The highest BCUT2D eigenvalue weighted by Crippen LogP contribution is 2.20. The average molecular weight is 344 g/mol.